The summed E-state index contributed by atoms with van der Waals surface area (Å²) in [5.41, 5.74) is 3.97. The standard InChI is InChI=1S/C18H17N3O5/c1-11-7-8-13(9-14(11)21(23)24)12(2)19-20-18(22)17-10-25-15-5-3-4-6-16(15)26-17/h3-9,17H,10H2,1-2H3,(H,20,22)/b19-12-/t17-/m1/s1. The number of para-hydroxylation sites is 2. The molecule has 1 aliphatic rings. The van der Waals surface area contributed by atoms with Crippen LogP contribution in [0.4, 0.5) is 5.69 Å². The second-order valence-electron chi connectivity index (χ2n) is 5.80. The zero-order chi connectivity index (χ0) is 18.7. The van der Waals surface area contributed by atoms with Gasteiger partial charge >= 0.3 is 0 Å². The van der Waals surface area contributed by atoms with Gasteiger partial charge in [-0.05, 0) is 26.0 Å². The van der Waals surface area contributed by atoms with Crippen LogP contribution in [-0.4, -0.2) is 29.3 Å². The number of nitro benzene ring substituents is 1. The summed E-state index contributed by atoms with van der Waals surface area (Å²) in [7, 11) is 0. The molecule has 8 heteroatoms. The van der Waals surface area contributed by atoms with E-state index in [2.05, 4.69) is 10.5 Å². The third-order valence-electron chi connectivity index (χ3n) is 3.96. The van der Waals surface area contributed by atoms with Crippen molar-refractivity contribution in [3.63, 3.8) is 0 Å². The van der Waals surface area contributed by atoms with E-state index in [0.29, 0.717) is 28.3 Å². The van der Waals surface area contributed by atoms with E-state index in [1.54, 1.807) is 44.2 Å². The van der Waals surface area contributed by atoms with Crippen molar-refractivity contribution in [2.24, 2.45) is 5.10 Å². The lowest BCUT2D eigenvalue weighted by atomic mass is 10.1. The van der Waals surface area contributed by atoms with E-state index in [1.165, 1.54) is 6.07 Å². The maximum absolute atomic E-state index is 12.2. The van der Waals surface area contributed by atoms with Gasteiger partial charge in [-0.15, -0.1) is 0 Å². The number of rotatable bonds is 4. The lowest BCUT2D eigenvalue weighted by molar-refractivity contribution is -0.385. The number of benzene rings is 2. The topological polar surface area (TPSA) is 103 Å². The number of hydrogen-bond acceptors (Lipinski definition) is 6. The molecule has 0 saturated heterocycles. The molecule has 134 valence electrons. The average Bonchev–Trinajstić information content (AvgIpc) is 2.65. The van der Waals surface area contributed by atoms with Crippen LogP contribution in [0.25, 0.3) is 0 Å². The van der Waals surface area contributed by atoms with Crippen molar-refractivity contribution >= 4 is 17.3 Å². The van der Waals surface area contributed by atoms with E-state index in [-0.39, 0.29) is 12.3 Å². The van der Waals surface area contributed by atoms with Gasteiger partial charge in [0.25, 0.3) is 11.6 Å². The Balaban J connectivity index is 1.69. The summed E-state index contributed by atoms with van der Waals surface area (Å²) in [5.74, 6) is 0.623. The smallest absolute Gasteiger partial charge is 0.284 e. The first-order valence-corrected chi connectivity index (χ1v) is 7.94. The summed E-state index contributed by atoms with van der Waals surface area (Å²) >= 11 is 0. The Bertz CT molecular complexity index is 894. The number of nitrogens with one attached hydrogen (secondary N) is 1. The molecule has 8 nitrogen and oxygen atoms in total. The van der Waals surface area contributed by atoms with E-state index >= 15 is 0 Å². The van der Waals surface area contributed by atoms with Gasteiger partial charge in [0.1, 0.15) is 6.61 Å². The van der Waals surface area contributed by atoms with E-state index in [0.717, 1.165) is 0 Å². The first-order chi connectivity index (χ1) is 12.5. The summed E-state index contributed by atoms with van der Waals surface area (Å²) < 4.78 is 11.1. The van der Waals surface area contributed by atoms with Crippen LogP contribution in [0.15, 0.2) is 47.6 Å². The molecule has 0 aliphatic carbocycles. The molecular weight excluding hydrogens is 338 g/mol. The highest BCUT2D eigenvalue weighted by Crippen LogP contribution is 2.30. The van der Waals surface area contributed by atoms with Crippen molar-refractivity contribution in [3.8, 4) is 11.5 Å². The zero-order valence-electron chi connectivity index (χ0n) is 14.3. The van der Waals surface area contributed by atoms with E-state index in [1.807, 2.05) is 6.07 Å². The molecule has 1 N–H and O–H groups in total. The molecule has 0 bridgehead atoms. The van der Waals surface area contributed by atoms with Gasteiger partial charge in [-0.2, -0.15) is 5.10 Å². The van der Waals surface area contributed by atoms with Crippen LogP contribution < -0.4 is 14.9 Å². The number of fused-ring (bicyclic) bond motifs is 1. The van der Waals surface area contributed by atoms with E-state index in [9.17, 15) is 14.9 Å². The van der Waals surface area contributed by atoms with Crippen molar-refractivity contribution < 1.29 is 19.2 Å². The molecule has 0 spiro atoms. The Labute approximate surface area is 149 Å². The number of amides is 1. The molecule has 0 fully saturated rings. The normalized spacial score (nSPS) is 16.1. The molecule has 0 aromatic heterocycles. The van der Waals surface area contributed by atoms with Gasteiger partial charge in [0.05, 0.1) is 10.6 Å². The maximum Gasteiger partial charge on any atom is 0.284 e. The number of hydrogen-bond donors (Lipinski definition) is 1. The molecule has 0 saturated carbocycles. The highest BCUT2D eigenvalue weighted by Gasteiger charge is 2.27. The predicted octanol–water partition coefficient (Wildman–Crippen LogP) is 2.58. The molecule has 26 heavy (non-hydrogen) atoms. The Morgan fingerprint density at radius 1 is 1.27 bits per heavy atom. The van der Waals surface area contributed by atoms with Gasteiger partial charge in [-0.1, -0.05) is 24.3 Å². The summed E-state index contributed by atoms with van der Waals surface area (Å²) in [6.45, 7) is 3.39. The summed E-state index contributed by atoms with van der Waals surface area (Å²) in [4.78, 5) is 22.8. The minimum Gasteiger partial charge on any atom is -0.485 e. The van der Waals surface area contributed by atoms with Gasteiger partial charge < -0.3 is 9.47 Å². The SMILES string of the molecule is C/C(=N/NC(=O)[C@H]1COc2ccccc2O1)c1ccc(C)c([N+](=O)[O-])c1. The number of nitro groups is 1. The molecular formula is C18H17N3O5. The fourth-order valence-corrected chi connectivity index (χ4v) is 2.46. The molecule has 2 aromatic carbocycles. The highest BCUT2D eigenvalue weighted by atomic mass is 16.6. The molecule has 0 radical (unpaired) electrons. The third-order valence-corrected chi connectivity index (χ3v) is 3.96. The van der Waals surface area contributed by atoms with Crippen molar-refractivity contribution in [2.75, 3.05) is 6.61 Å². The summed E-state index contributed by atoms with van der Waals surface area (Å²) in [6, 6.07) is 11.9. The fourth-order valence-electron chi connectivity index (χ4n) is 2.46. The summed E-state index contributed by atoms with van der Waals surface area (Å²) in [5, 5.41) is 15.0. The largest absolute Gasteiger partial charge is 0.485 e. The second kappa shape index (κ2) is 7.22. The number of nitrogens with zero attached hydrogens (tertiary/aromatic N) is 2. The van der Waals surface area contributed by atoms with Crippen LogP contribution in [0.5, 0.6) is 11.5 Å². The third kappa shape index (κ3) is 3.64. The summed E-state index contributed by atoms with van der Waals surface area (Å²) in [6.07, 6.45) is -0.825. The number of ether oxygens (including phenoxy) is 2. The van der Waals surface area contributed by atoms with Gasteiger partial charge in [-0.25, -0.2) is 5.43 Å². The quantitative estimate of drug-likeness (QED) is 0.516. The molecule has 1 atom stereocenters. The maximum atomic E-state index is 12.2. The minimum atomic E-state index is -0.825. The van der Waals surface area contributed by atoms with Crippen LogP contribution in [0.2, 0.25) is 0 Å². The zero-order valence-corrected chi connectivity index (χ0v) is 14.3. The van der Waals surface area contributed by atoms with Gasteiger partial charge in [0.2, 0.25) is 6.10 Å². The van der Waals surface area contributed by atoms with Crippen molar-refractivity contribution in [2.45, 2.75) is 20.0 Å². The van der Waals surface area contributed by atoms with Crippen LogP contribution in [-0.2, 0) is 4.79 Å². The Morgan fingerprint density at radius 2 is 2.00 bits per heavy atom. The lowest BCUT2D eigenvalue weighted by Gasteiger charge is -2.24. The van der Waals surface area contributed by atoms with Gasteiger partial charge in [0, 0.05) is 17.2 Å². The lowest BCUT2D eigenvalue weighted by Crippen LogP contribution is -2.42. The highest BCUT2D eigenvalue weighted by molar-refractivity contribution is 6.00. The van der Waals surface area contributed by atoms with Gasteiger partial charge in [-0.3, -0.25) is 14.9 Å². The van der Waals surface area contributed by atoms with Crippen LogP contribution >= 0.6 is 0 Å². The average molecular weight is 355 g/mol. The van der Waals surface area contributed by atoms with Crippen LogP contribution in [0.3, 0.4) is 0 Å². The first-order valence-electron chi connectivity index (χ1n) is 7.94. The van der Waals surface area contributed by atoms with Crippen LogP contribution in [0, 0.1) is 17.0 Å². The Hall–Kier alpha value is -3.42. The fraction of sp³-hybridized carbons (Fsp3) is 0.222. The Morgan fingerprint density at radius 3 is 2.73 bits per heavy atom. The minimum absolute atomic E-state index is 0.00370. The molecule has 2 aromatic rings. The number of carbonyl (C=O) groups is 1. The Kier molecular flexibility index (Phi) is 4.83. The predicted molar refractivity (Wildman–Crippen MR) is 94.5 cm³/mol. The monoisotopic (exact) mass is 355 g/mol. The molecule has 1 heterocycles. The molecule has 1 aliphatic heterocycles. The van der Waals surface area contributed by atoms with E-state index < -0.39 is 16.9 Å². The van der Waals surface area contributed by atoms with Gasteiger partial charge in [0.15, 0.2) is 11.5 Å². The molecule has 1 amide bonds. The van der Waals surface area contributed by atoms with Crippen molar-refractivity contribution in [3.05, 3.63) is 63.7 Å². The van der Waals surface area contributed by atoms with Crippen molar-refractivity contribution in [1.82, 2.24) is 5.43 Å². The number of carbonyl (C=O) groups excluding carboxylic acids is 1. The van der Waals surface area contributed by atoms with Crippen LogP contribution in [0.1, 0.15) is 18.1 Å². The first kappa shape index (κ1) is 17.4. The molecule has 3 rings (SSSR count). The second-order valence-corrected chi connectivity index (χ2v) is 5.80. The van der Waals surface area contributed by atoms with Crippen molar-refractivity contribution in [1.29, 1.82) is 0 Å². The number of hydrazone groups is 1. The molecule has 0 unspecified atom stereocenters. The van der Waals surface area contributed by atoms with E-state index in [4.69, 9.17) is 9.47 Å². The number of aryl methyl sites for hydroxylation is 1.